The minimum Gasteiger partial charge on any atom is -0.388 e. The molecule has 0 amide bonds. The van der Waals surface area contributed by atoms with Gasteiger partial charge in [0.2, 0.25) is 0 Å². The summed E-state index contributed by atoms with van der Waals surface area (Å²) < 4.78 is 5.42. The first kappa shape index (κ1) is 9.86. The summed E-state index contributed by atoms with van der Waals surface area (Å²) >= 11 is 1.87. The molecule has 70 valence electrons. The number of thioether (sulfide) groups is 1. The third-order valence-corrected chi connectivity index (χ3v) is 3.50. The van der Waals surface area contributed by atoms with E-state index in [1.54, 1.807) is 0 Å². The maximum absolute atomic E-state index is 7.05. The zero-order valence-corrected chi connectivity index (χ0v) is 8.19. The van der Waals surface area contributed by atoms with Crippen molar-refractivity contribution in [1.82, 2.24) is 0 Å². The van der Waals surface area contributed by atoms with E-state index >= 15 is 0 Å². The molecule has 0 aromatic rings. The molecule has 1 rings (SSSR count). The molecular weight excluding hydrogens is 172 g/mol. The van der Waals surface area contributed by atoms with Crippen LogP contribution in [0.4, 0.5) is 0 Å². The number of hydrogen-bond donors (Lipinski definition) is 2. The van der Waals surface area contributed by atoms with Crippen molar-refractivity contribution in [3.05, 3.63) is 0 Å². The first-order valence-corrected chi connectivity index (χ1v) is 5.31. The van der Waals surface area contributed by atoms with E-state index in [4.69, 9.17) is 15.9 Å². The number of hydrogen-bond acceptors (Lipinski definition) is 3. The van der Waals surface area contributed by atoms with E-state index in [0.717, 1.165) is 18.8 Å². The van der Waals surface area contributed by atoms with E-state index in [2.05, 4.69) is 6.92 Å². The quantitative estimate of drug-likeness (QED) is 0.515. The van der Waals surface area contributed by atoms with E-state index < -0.39 is 0 Å². The summed E-state index contributed by atoms with van der Waals surface area (Å²) in [4.78, 5) is 0. The van der Waals surface area contributed by atoms with Gasteiger partial charge in [0.15, 0.2) is 0 Å². The summed E-state index contributed by atoms with van der Waals surface area (Å²) in [6.07, 6.45) is 2.22. The van der Waals surface area contributed by atoms with Crippen molar-refractivity contribution < 1.29 is 4.74 Å². The average Bonchev–Trinajstić information content (AvgIpc) is 2.36. The second-order valence-electron chi connectivity index (χ2n) is 3.05. The summed E-state index contributed by atoms with van der Waals surface area (Å²) in [5.74, 6) is 1.24. The molecule has 3 N–H and O–H groups in total. The smallest absolute Gasteiger partial charge is 0.0913 e. The van der Waals surface area contributed by atoms with Gasteiger partial charge in [-0.15, -0.1) is 0 Å². The minimum absolute atomic E-state index is 0.286. The molecule has 1 heterocycles. The van der Waals surface area contributed by atoms with Crippen LogP contribution in [0.2, 0.25) is 0 Å². The van der Waals surface area contributed by atoms with Crippen molar-refractivity contribution in [2.24, 2.45) is 5.73 Å². The summed E-state index contributed by atoms with van der Waals surface area (Å²) in [7, 11) is 0. The average molecular weight is 188 g/mol. The lowest BCUT2D eigenvalue weighted by Crippen LogP contribution is -2.16. The highest BCUT2D eigenvalue weighted by Gasteiger charge is 2.23. The van der Waals surface area contributed by atoms with Crippen molar-refractivity contribution in [3.8, 4) is 0 Å². The van der Waals surface area contributed by atoms with Crippen molar-refractivity contribution in [2.75, 3.05) is 12.4 Å². The Hall–Kier alpha value is -0.220. The van der Waals surface area contributed by atoms with Crippen LogP contribution in [-0.2, 0) is 4.74 Å². The molecule has 0 saturated carbocycles. The van der Waals surface area contributed by atoms with E-state index in [-0.39, 0.29) is 5.84 Å². The molecular formula is C8H16N2OS. The van der Waals surface area contributed by atoms with Crippen LogP contribution in [0.1, 0.15) is 19.8 Å². The third kappa shape index (κ3) is 3.03. The first-order valence-electron chi connectivity index (χ1n) is 4.26. The fourth-order valence-corrected chi connectivity index (χ4v) is 2.50. The van der Waals surface area contributed by atoms with Crippen LogP contribution in [-0.4, -0.2) is 29.5 Å². The summed E-state index contributed by atoms with van der Waals surface area (Å²) in [6, 6.07) is 0. The van der Waals surface area contributed by atoms with Crippen molar-refractivity contribution in [2.45, 2.75) is 31.1 Å². The summed E-state index contributed by atoms with van der Waals surface area (Å²) in [5.41, 5.74) is 5.25. The maximum atomic E-state index is 7.05. The third-order valence-electron chi connectivity index (χ3n) is 2.01. The summed E-state index contributed by atoms with van der Waals surface area (Å²) in [5, 5.41) is 7.67. The van der Waals surface area contributed by atoms with Crippen LogP contribution in [0.25, 0.3) is 0 Å². The minimum atomic E-state index is 0.286. The predicted octanol–water partition coefficient (Wildman–Crippen LogP) is 1.22. The Kier molecular flexibility index (Phi) is 3.88. The molecule has 0 aromatic heterocycles. The van der Waals surface area contributed by atoms with Crippen LogP contribution in [0.3, 0.4) is 0 Å². The van der Waals surface area contributed by atoms with Crippen LogP contribution < -0.4 is 5.73 Å². The molecule has 2 unspecified atom stereocenters. The predicted molar refractivity (Wildman–Crippen MR) is 52.8 cm³/mol. The second-order valence-corrected chi connectivity index (χ2v) is 4.40. The van der Waals surface area contributed by atoms with Gasteiger partial charge < -0.3 is 10.5 Å². The number of nitrogens with one attached hydrogen (secondary N) is 1. The molecule has 1 aliphatic rings. The molecule has 3 nitrogen and oxygen atoms in total. The Bertz CT molecular complexity index is 163. The van der Waals surface area contributed by atoms with Crippen molar-refractivity contribution >= 4 is 17.6 Å². The second kappa shape index (κ2) is 4.72. The lowest BCUT2D eigenvalue weighted by Gasteiger charge is -2.12. The molecule has 1 fully saturated rings. The lowest BCUT2D eigenvalue weighted by atomic mass is 10.3. The van der Waals surface area contributed by atoms with Crippen molar-refractivity contribution in [1.29, 1.82) is 5.41 Å². The molecule has 0 aromatic carbocycles. The molecule has 0 aliphatic carbocycles. The SMILES string of the molecule is CC1OCCC1SCCC(=N)N. The van der Waals surface area contributed by atoms with Gasteiger partial charge in [-0.3, -0.25) is 5.41 Å². The molecule has 0 spiro atoms. The fourth-order valence-electron chi connectivity index (χ4n) is 1.25. The highest BCUT2D eigenvalue weighted by Crippen LogP contribution is 2.26. The Morgan fingerprint density at radius 1 is 1.75 bits per heavy atom. The molecule has 2 atom stereocenters. The van der Waals surface area contributed by atoms with Crippen LogP contribution in [0.15, 0.2) is 0 Å². The molecule has 1 saturated heterocycles. The van der Waals surface area contributed by atoms with Gasteiger partial charge in [-0.05, 0) is 13.3 Å². The zero-order valence-electron chi connectivity index (χ0n) is 7.38. The molecule has 0 radical (unpaired) electrons. The Morgan fingerprint density at radius 2 is 2.50 bits per heavy atom. The normalized spacial score (nSPS) is 29.1. The highest BCUT2D eigenvalue weighted by molar-refractivity contribution is 7.99. The zero-order chi connectivity index (χ0) is 8.97. The lowest BCUT2D eigenvalue weighted by molar-refractivity contribution is 0.127. The molecule has 12 heavy (non-hydrogen) atoms. The van der Waals surface area contributed by atoms with Gasteiger partial charge in [0.25, 0.3) is 0 Å². The Labute approximate surface area is 77.5 Å². The van der Waals surface area contributed by atoms with Gasteiger partial charge in [-0.1, -0.05) is 0 Å². The largest absolute Gasteiger partial charge is 0.388 e. The highest BCUT2D eigenvalue weighted by atomic mass is 32.2. The van der Waals surface area contributed by atoms with E-state index in [0.29, 0.717) is 17.8 Å². The standard InChI is InChI=1S/C8H16N2OS/c1-6-7(2-4-11-6)12-5-3-8(9)10/h6-7H,2-5H2,1H3,(H3,9,10). The van der Waals surface area contributed by atoms with Gasteiger partial charge >= 0.3 is 0 Å². The van der Waals surface area contributed by atoms with E-state index in [9.17, 15) is 0 Å². The molecule has 1 aliphatic heterocycles. The van der Waals surface area contributed by atoms with Crippen molar-refractivity contribution in [3.63, 3.8) is 0 Å². The number of ether oxygens (including phenoxy) is 1. The van der Waals surface area contributed by atoms with Gasteiger partial charge in [0, 0.05) is 24.0 Å². The molecule has 0 bridgehead atoms. The van der Waals surface area contributed by atoms with E-state index in [1.165, 1.54) is 0 Å². The van der Waals surface area contributed by atoms with Crippen LogP contribution in [0.5, 0.6) is 0 Å². The number of amidine groups is 1. The fraction of sp³-hybridized carbons (Fsp3) is 0.875. The van der Waals surface area contributed by atoms with Crippen LogP contribution in [0, 0.1) is 5.41 Å². The van der Waals surface area contributed by atoms with Gasteiger partial charge in [-0.25, -0.2) is 0 Å². The van der Waals surface area contributed by atoms with Gasteiger partial charge in [0.1, 0.15) is 0 Å². The summed E-state index contributed by atoms with van der Waals surface area (Å²) in [6.45, 7) is 3.00. The maximum Gasteiger partial charge on any atom is 0.0913 e. The number of rotatable bonds is 4. The molecule has 4 heteroatoms. The van der Waals surface area contributed by atoms with E-state index in [1.807, 2.05) is 11.8 Å². The Balaban J connectivity index is 2.10. The van der Waals surface area contributed by atoms with Crippen LogP contribution >= 0.6 is 11.8 Å². The number of nitrogens with two attached hydrogens (primary N) is 1. The van der Waals surface area contributed by atoms with Gasteiger partial charge in [0.05, 0.1) is 11.9 Å². The topological polar surface area (TPSA) is 59.1 Å². The Morgan fingerprint density at radius 3 is 3.00 bits per heavy atom. The first-order chi connectivity index (χ1) is 5.70. The monoisotopic (exact) mass is 188 g/mol. The van der Waals surface area contributed by atoms with Gasteiger partial charge in [-0.2, -0.15) is 11.8 Å².